The molecule has 4 atom stereocenters. The monoisotopic (exact) mass is 383 g/mol. The van der Waals surface area contributed by atoms with Crippen molar-refractivity contribution < 1.29 is 19.0 Å². The SMILES string of the molecule is CCOC(=O)C1(F)C[C@@]2(c3ccccc3)[C@H](O)CCC1N2Cc1ccccc1. The van der Waals surface area contributed by atoms with Crippen molar-refractivity contribution in [3.05, 3.63) is 71.8 Å². The van der Waals surface area contributed by atoms with Gasteiger partial charge >= 0.3 is 5.97 Å². The molecule has 0 aliphatic carbocycles. The maximum absolute atomic E-state index is 16.3. The lowest BCUT2D eigenvalue weighted by molar-refractivity contribution is -0.159. The molecule has 4 rings (SSSR count). The summed E-state index contributed by atoms with van der Waals surface area (Å²) in [6, 6.07) is 18.7. The summed E-state index contributed by atoms with van der Waals surface area (Å²) in [4.78, 5) is 14.7. The molecule has 0 amide bonds. The molecule has 0 aromatic heterocycles. The van der Waals surface area contributed by atoms with E-state index in [2.05, 4.69) is 0 Å². The van der Waals surface area contributed by atoms with Gasteiger partial charge in [-0.1, -0.05) is 60.7 Å². The summed E-state index contributed by atoms with van der Waals surface area (Å²) in [6.45, 7) is 2.28. The number of carbonyl (C=O) groups excluding carboxylic acids is 1. The minimum Gasteiger partial charge on any atom is -0.464 e. The minimum atomic E-state index is -2.14. The molecule has 0 radical (unpaired) electrons. The third-order valence-electron chi connectivity index (χ3n) is 6.29. The van der Waals surface area contributed by atoms with Crippen LogP contribution in [0.15, 0.2) is 60.7 Å². The zero-order chi connectivity index (χ0) is 19.8. The van der Waals surface area contributed by atoms with Crippen molar-refractivity contribution in [2.24, 2.45) is 0 Å². The van der Waals surface area contributed by atoms with E-state index in [0.717, 1.165) is 11.1 Å². The molecule has 28 heavy (non-hydrogen) atoms. The van der Waals surface area contributed by atoms with E-state index in [1.54, 1.807) is 6.92 Å². The lowest BCUT2D eigenvalue weighted by Gasteiger charge is -2.48. The first kappa shape index (κ1) is 19.1. The lowest BCUT2D eigenvalue weighted by Crippen LogP contribution is -2.56. The van der Waals surface area contributed by atoms with Crippen LogP contribution >= 0.6 is 0 Å². The molecule has 0 saturated carbocycles. The number of hydrogen-bond acceptors (Lipinski definition) is 4. The van der Waals surface area contributed by atoms with Gasteiger partial charge < -0.3 is 9.84 Å². The fourth-order valence-corrected chi connectivity index (χ4v) is 5.06. The fraction of sp³-hybridized carbons (Fsp3) is 0.435. The molecular formula is C23H26FNO3. The first-order valence-electron chi connectivity index (χ1n) is 9.93. The largest absolute Gasteiger partial charge is 0.464 e. The quantitative estimate of drug-likeness (QED) is 0.802. The first-order chi connectivity index (χ1) is 13.5. The van der Waals surface area contributed by atoms with Crippen LogP contribution in [0.3, 0.4) is 0 Å². The van der Waals surface area contributed by atoms with Crippen LogP contribution in [0.5, 0.6) is 0 Å². The average molecular weight is 383 g/mol. The summed E-state index contributed by atoms with van der Waals surface area (Å²) in [7, 11) is 0. The molecule has 2 aromatic rings. The Hall–Kier alpha value is -2.24. The van der Waals surface area contributed by atoms with Crippen molar-refractivity contribution in [2.45, 2.75) is 56.1 Å². The Balaban J connectivity index is 1.84. The van der Waals surface area contributed by atoms with Crippen molar-refractivity contribution in [1.82, 2.24) is 4.90 Å². The number of carbonyl (C=O) groups is 1. The zero-order valence-electron chi connectivity index (χ0n) is 16.1. The third-order valence-corrected chi connectivity index (χ3v) is 6.29. The molecule has 1 N–H and O–H groups in total. The molecule has 2 fully saturated rings. The van der Waals surface area contributed by atoms with E-state index in [9.17, 15) is 9.90 Å². The molecule has 5 heteroatoms. The number of piperidine rings is 1. The van der Waals surface area contributed by atoms with Gasteiger partial charge in [0.25, 0.3) is 0 Å². The van der Waals surface area contributed by atoms with Gasteiger partial charge in [0.2, 0.25) is 5.67 Å². The fourth-order valence-electron chi connectivity index (χ4n) is 5.06. The number of rotatable bonds is 5. The molecular weight excluding hydrogens is 357 g/mol. The summed E-state index contributed by atoms with van der Waals surface area (Å²) in [5.41, 5.74) is -1.23. The van der Waals surface area contributed by atoms with E-state index in [1.807, 2.05) is 65.6 Å². The lowest BCUT2D eigenvalue weighted by atomic mass is 9.78. The Kier molecular flexibility index (Phi) is 4.98. The van der Waals surface area contributed by atoms with Gasteiger partial charge in [0.05, 0.1) is 24.3 Å². The third kappa shape index (κ3) is 2.85. The summed E-state index contributed by atoms with van der Waals surface area (Å²) in [5, 5.41) is 11.1. The highest BCUT2D eigenvalue weighted by molar-refractivity contribution is 5.82. The molecule has 2 aliphatic heterocycles. The Morgan fingerprint density at radius 2 is 1.79 bits per heavy atom. The first-order valence-corrected chi connectivity index (χ1v) is 9.93. The van der Waals surface area contributed by atoms with Crippen molar-refractivity contribution in [1.29, 1.82) is 0 Å². The second kappa shape index (κ2) is 7.30. The van der Waals surface area contributed by atoms with E-state index in [4.69, 9.17) is 4.74 Å². The molecule has 0 spiro atoms. The van der Waals surface area contributed by atoms with E-state index in [0.29, 0.717) is 19.4 Å². The number of halogens is 1. The van der Waals surface area contributed by atoms with Crippen molar-refractivity contribution in [3.8, 4) is 0 Å². The van der Waals surface area contributed by atoms with Crippen LogP contribution in [0.25, 0.3) is 0 Å². The molecule has 2 aromatic carbocycles. The highest BCUT2D eigenvalue weighted by Crippen LogP contribution is 2.57. The van der Waals surface area contributed by atoms with Crippen LogP contribution in [-0.2, 0) is 21.6 Å². The number of nitrogens with zero attached hydrogens (tertiary/aromatic N) is 1. The zero-order valence-corrected chi connectivity index (χ0v) is 16.1. The van der Waals surface area contributed by atoms with Crippen LogP contribution in [0, 0.1) is 0 Å². The highest BCUT2D eigenvalue weighted by Gasteiger charge is 2.69. The number of aliphatic hydroxyl groups excluding tert-OH is 1. The van der Waals surface area contributed by atoms with Gasteiger partial charge in [0.1, 0.15) is 0 Å². The summed E-state index contributed by atoms with van der Waals surface area (Å²) in [5.74, 6) is -0.815. The van der Waals surface area contributed by atoms with Crippen LogP contribution in [0.4, 0.5) is 4.39 Å². The van der Waals surface area contributed by atoms with Crippen molar-refractivity contribution >= 4 is 5.97 Å². The van der Waals surface area contributed by atoms with Crippen LogP contribution < -0.4 is 0 Å². The van der Waals surface area contributed by atoms with Gasteiger partial charge in [0.15, 0.2) is 0 Å². The Morgan fingerprint density at radius 1 is 1.14 bits per heavy atom. The Morgan fingerprint density at radius 3 is 2.43 bits per heavy atom. The Bertz CT molecular complexity index is 830. The molecule has 2 saturated heterocycles. The molecule has 2 unspecified atom stereocenters. The molecule has 148 valence electrons. The van der Waals surface area contributed by atoms with Crippen LogP contribution in [-0.4, -0.2) is 40.4 Å². The summed E-state index contributed by atoms with van der Waals surface area (Å²) in [6.07, 6.45) is 0.0110. The average Bonchev–Trinajstić information content (AvgIpc) is 2.90. The number of alkyl halides is 1. The van der Waals surface area contributed by atoms with Crippen molar-refractivity contribution in [3.63, 3.8) is 0 Å². The molecule has 4 nitrogen and oxygen atoms in total. The number of benzene rings is 2. The summed E-state index contributed by atoms with van der Waals surface area (Å²) < 4.78 is 21.4. The van der Waals surface area contributed by atoms with Crippen LogP contribution in [0.2, 0.25) is 0 Å². The van der Waals surface area contributed by atoms with Crippen molar-refractivity contribution in [2.75, 3.05) is 6.61 Å². The van der Waals surface area contributed by atoms with E-state index < -0.39 is 29.3 Å². The number of fused-ring (bicyclic) bond motifs is 2. The van der Waals surface area contributed by atoms with Gasteiger partial charge in [-0.05, 0) is 30.9 Å². The topological polar surface area (TPSA) is 49.8 Å². The Labute approximate surface area is 164 Å². The standard InChI is InChI=1S/C23H26FNO3/c1-2-28-21(27)22(24)16-23(18-11-7-4-8-12-18)20(26)14-13-19(22)25(23)15-17-9-5-3-6-10-17/h3-12,19-20,26H,2,13-16H2,1H3/t19?,20-,22?,23-/m1/s1. The van der Waals surface area contributed by atoms with Crippen LogP contribution in [0.1, 0.15) is 37.3 Å². The smallest absolute Gasteiger partial charge is 0.345 e. The normalized spacial score (nSPS) is 32.2. The van der Waals surface area contributed by atoms with Gasteiger partial charge in [-0.2, -0.15) is 0 Å². The van der Waals surface area contributed by atoms with Gasteiger partial charge in [-0.3, -0.25) is 4.90 Å². The van der Waals surface area contributed by atoms with E-state index >= 15 is 4.39 Å². The molecule has 2 heterocycles. The van der Waals surface area contributed by atoms with Gasteiger partial charge in [-0.15, -0.1) is 0 Å². The number of ether oxygens (including phenoxy) is 1. The van der Waals surface area contributed by atoms with Gasteiger partial charge in [-0.25, -0.2) is 9.18 Å². The second-order valence-corrected chi connectivity index (χ2v) is 7.77. The number of aliphatic hydroxyl groups is 1. The van der Waals surface area contributed by atoms with E-state index in [-0.39, 0.29) is 13.0 Å². The highest BCUT2D eigenvalue weighted by atomic mass is 19.1. The second-order valence-electron chi connectivity index (χ2n) is 7.77. The van der Waals surface area contributed by atoms with E-state index in [1.165, 1.54) is 0 Å². The predicted octanol–water partition coefficient (Wildman–Crippen LogP) is 3.58. The number of esters is 1. The summed E-state index contributed by atoms with van der Waals surface area (Å²) >= 11 is 0. The van der Waals surface area contributed by atoms with Gasteiger partial charge in [0, 0.05) is 13.0 Å². The predicted molar refractivity (Wildman–Crippen MR) is 104 cm³/mol. The maximum Gasteiger partial charge on any atom is 0.345 e. The molecule has 2 bridgehead atoms. The minimum absolute atomic E-state index is 0.0957. The molecule has 2 aliphatic rings. The number of hydrogen-bond donors (Lipinski definition) is 1. The maximum atomic E-state index is 16.3.